The number of hydrogen-bond donors (Lipinski definition) is 0. The van der Waals surface area contributed by atoms with Crippen molar-refractivity contribution < 1.29 is 9.53 Å². The Hall–Kier alpha value is -0.370. The summed E-state index contributed by atoms with van der Waals surface area (Å²) in [6.45, 7) is 8.21. The SMILES string of the molecule is CCCCCC(C)(OCC)C(C)=O. The second kappa shape index (κ2) is 6.14. The van der Waals surface area contributed by atoms with Crippen LogP contribution in [-0.4, -0.2) is 18.0 Å². The largest absolute Gasteiger partial charge is 0.368 e. The molecule has 0 radical (unpaired) electrons. The van der Waals surface area contributed by atoms with E-state index in [1.54, 1.807) is 6.92 Å². The Balaban J connectivity index is 4.00. The summed E-state index contributed by atoms with van der Waals surface area (Å²) >= 11 is 0. The van der Waals surface area contributed by atoms with Crippen molar-refractivity contribution in [1.29, 1.82) is 0 Å². The van der Waals surface area contributed by atoms with Crippen molar-refractivity contribution in [2.24, 2.45) is 0 Å². The minimum Gasteiger partial charge on any atom is -0.368 e. The normalized spacial score (nSPS) is 15.4. The molecule has 0 bridgehead atoms. The first-order chi connectivity index (χ1) is 6.06. The van der Waals surface area contributed by atoms with Gasteiger partial charge in [0.05, 0.1) is 0 Å². The van der Waals surface area contributed by atoms with Gasteiger partial charge in [0.2, 0.25) is 0 Å². The van der Waals surface area contributed by atoms with Crippen LogP contribution in [0, 0.1) is 0 Å². The van der Waals surface area contributed by atoms with Crippen LogP contribution in [0.3, 0.4) is 0 Å². The molecule has 13 heavy (non-hydrogen) atoms. The molecule has 2 nitrogen and oxygen atoms in total. The molecule has 0 aromatic heterocycles. The molecule has 0 aromatic carbocycles. The Morgan fingerprint density at radius 2 is 1.92 bits per heavy atom. The zero-order chi connectivity index (χ0) is 10.3. The first-order valence-corrected chi connectivity index (χ1v) is 5.21. The molecule has 0 aromatic rings. The van der Waals surface area contributed by atoms with E-state index >= 15 is 0 Å². The highest BCUT2D eigenvalue weighted by atomic mass is 16.5. The molecule has 0 saturated heterocycles. The van der Waals surface area contributed by atoms with E-state index in [0.717, 1.165) is 12.8 Å². The number of hydrogen-bond acceptors (Lipinski definition) is 2. The molecular weight excluding hydrogens is 164 g/mol. The van der Waals surface area contributed by atoms with E-state index in [2.05, 4.69) is 6.92 Å². The monoisotopic (exact) mass is 186 g/mol. The molecular formula is C11H22O2. The first-order valence-electron chi connectivity index (χ1n) is 5.21. The summed E-state index contributed by atoms with van der Waals surface area (Å²) in [5, 5.41) is 0. The summed E-state index contributed by atoms with van der Waals surface area (Å²) in [6.07, 6.45) is 4.28. The Bertz CT molecular complexity index is 154. The molecule has 1 unspecified atom stereocenters. The van der Waals surface area contributed by atoms with Gasteiger partial charge in [0.1, 0.15) is 5.60 Å². The smallest absolute Gasteiger partial charge is 0.161 e. The van der Waals surface area contributed by atoms with Crippen molar-refractivity contribution in [2.75, 3.05) is 6.61 Å². The summed E-state index contributed by atoms with van der Waals surface area (Å²) in [5.41, 5.74) is -0.538. The van der Waals surface area contributed by atoms with Gasteiger partial charge in [-0.25, -0.2) is 0 Å². The second-order valence-corrected chi connectivity index (χ2v) is 3.68. The van der Waals surface area contributed by atoms with Crippen molar-refractivity contribution in [2.45, 2.75) is 59.0 Å². The van der Waals surface area contributed by atoms with Crippen LogP contribution < -0.4 is 0 Å². The van der Waals surface area contributed by atoms with Gasteiger partial charge in [0, 0.05) is 6.61 Å². The summed E-state index contributed by atoms with van der Waals surface area (Å²) in [6, 6.07) is 0. The van der Waals surface area contributed by atoms with Gasteiger partial charge in [0.15, 0.2) is 5.78 Å². The van der Waals surface area contributed by atoms with E-state index in [9.17, 15) is 4.79 Å². The van der Waals surface area contributed by atoms with Gasteiger partial charge in [-0.3, -0.25) is 4.79 Å². The zero-order valence-corrected chi connectivity index (χ0v) is 9.35. The predicted molar refractivity (Wildman–Crippen MR) is 54.9 cm³/mol. The highest BCUT2D eigenvalue weighted by Crippen LogP contribution is 2.20. The molecule has 0 aliphatic heterocycles. The van der Waals surface area contributed by atoms with E-state index in [-0.39, 0.29) is 5.78 Å². The maximum Gasteiger partial charge on any atom is 0.161 e. The lowest BCUT2D eigenvalue weighted by Gasteiger charge is -2.26. The third-order valence-electron chi connectivity index (χ3n) is 2.47. The van der Waals surface area contributed by atoms with Crippen molar-refractivity contribution in [3.8, 4) is 0 Å². The molecule has 2 heteroatoms. The van der Waals surface area contributed by atoms with Crippen molar-refractivity contribution in [3.63, 3.8) is 0 Å². The summed E-state index contributed by atoms with van der Waals surface area (Å²) in [4.78, 5) is 11.3. The molecule has 0 N–H and O–H groups in total. The quantitative estimate of drug-likeness (QED) is 0.571. The predicted octanol–water partition coefficient (Wildman–Crippen LogP) is 2.95. The Kier molecular flexibility index (Phi) is 5.97. The van der Waals surface area contributed by atoms with Crippen LogP contribution in [0.5, 0.6) is 0 Å². The van der Waals surface area contributed by atoms with E-state index in [0.29, 0.717) is 6.61 Å². The van der Waals surface area contributed by atoms with Gasteiger partial charge < -0.3 is 4.74 Å². The minimum absolute atomic E-state index is 0.144. The topological polar surface area (TPSA) is 26.3 Å². The van der Waals surface area contributed by atoms with Crippen LogP contribution in [0.2, 0.25) is 0 Å². The van der Waals surface area contributed by atoms with Crippen molar-refractivity contribution in [3.05, 3.63) is 0 Å². The summed E-state index contributed by atoms with van der Waals surface area (Å²) in [5.74, 6) is 0.144. The zero-order valence-electron chi connectivity index (χ0n) is 9.35. The fourth-order valence-corrected chi connectivity index (χ4v) is 1.38. The first kappa shape index (κ1) is 12.6. The lowest BCUT2D eigenvalue weighted by molar-refractivity contribution is -0.140. The van der Waals surface area contributed by atoms with E-state index in [1.807, 2.05) is 13.8 Å². The average Bonchev–Trinajstić information content (AvgIpc) is 2.05. The van der Waals surface area contributed by atoms with Crippen LogP contribution in [0.25, 0.3) is 0 Å². The van der Waals surface area contributed by atoms with E-state index in [1.165, 1.54) is 12.8 Å². The second-order valence-electron chi connectivity index (χ2n) is 3.68. The summed E-state index contributed by atoms with van der Waals surface area (Å²) < 4.78 is 5.49. The average molecular weight is 186 g/mol. The fraction of sp³-hybridized carbons (Fsp3) is 0.909. The van der Waals surface area contributed by atoms with E-state index < -0.39 is 5.60 Å². The maximum absolute atomic E-state index is 11.3. The van der Waals surface area contributed by atoms with Crippen LogP contribution in [0.4, 0.5) is 0 Å². The molecule has 0 aliphatic carbocycles. The van der Waals surface area contributed by atoms with Gasteiger partial charge in [-0.15, -0.1) is 0 Å². The van der Waals surface area contributed by atoms with Gasteiger partial charge in [-0.2, -0.15) is 0 Å². The van der Waals surface area contributed by atoms with Crippen LogP contribution >= 0.6 is 0 Å². The van der Waals surface area contributed by atoms with Gasteiger partial charge in [-0.1, -0.05) is 26.2 Å². The molecule has 0 spiro atoms. The van der Waals surface area contributed by atoms with Crippen molar-refractivity contribution in [1.82, 2.24) is 0 Å². The maximum atomic E-state index is 11.3. The number of carbonyl (C=O) groups excluding carboxylic acids is 1. The fourth-order valence-electron chi connectivity index (χ4n) is 1.38. The van der Waals surface area contributed by atoms with Crippen LogP contribution in [0.15, 0.2) is 0 Å². The van der Waals surface area contributed by atoms with Gasteiger partial charge in [-0.05, 0) is 27.2 Å². The van der Waals surface area contributed by atoms with Crippen LogP contribution in [0.1, 0.15) is 53.4 Å². The van der Waals surface area contributed by atoms with Crippen molar-refractivity contribution >= 4 is 5.78 Å². The molecule has 0 aliphatic rings. The lowest BCUT2D eigenvalue weighted by Crippen LogP contribution is -2.36. The molecule has 0 rings (SSSR count). The van der Waals surface area contributed by atoms with Gasteiger partial charge >= 0.3 is 0 Å². The molecule has 1 atom stereocenters. The highest BCUT2D eigenvalue weighted by Gasteiger charge is 2.29. The summed E-state index contributed by atoms with van der Waals surface area (Å²) in [7, 11) is 0. The molecule has 78 valence electrons. The Labute approximate surface area is 81.7 Å². The van der Waals surface area contributed by atoms with Crippen LogP contribution in [-0.2, 0) is 9.53 Å². The third-order valence-corrected chi connectivity index (χ3v) is 2.47. The molecule has 0 amide bonds. The standard InChI is InChI=1S/C11H22O2/c1-5-7-8-9-11(4,10(3)12)13-6-2/h5-9H2,1-4H3. The highest BCUT2D eigenvalue weighted by molar-refractivity contribution is 5.84. The lowest BCUT2D eigenvalue weighted by atomic mass is 9.94. The Morgan fingerprint density at radius 1 is 1.31 bits per heavy atom. The Morgan fingerprint density at radius 3 is 2.31 bits per heavy atom. The third kappa shape index (κ3) is 4.41. The minimum atomic E-state index is -0.538. The number of carbonyl (C=O) groups is 1. The molecule has 0 heterocycles. The molecule has 0 saturated carbocycles. The van der Waals surface area contributed by atoms with E-state index in [4.69, 9.17) is 4.74 Å². The number of unbranched alkanes of at least 4 members (excludes halogenated alkanes) is 2. The number of ketones is 1. The number of Topliss-reactive ketones (excluding diaryl/α,β-unsaturated/α-hetero) is 1. The van der Waals surface area contributed by atoms with Gasteiger partial charge in [0.25, 0.3) is 0 Å². The molecule has 0 fully saturated rings. The number of rotatable bonds is 7. The number of ether oxygens (including phenoxy) is 1.